The first-order valence-electron chi connectivity index (χ1n) is 6.95. The van der Waals surface area contributed by atoms with Crippen molar-refractivity contribution in [1.29, 1.82) is 0 Å². The van der Waals surface area contributed by atoms with E-state index in [4.69, 9.17) is 4.74 Å². The summed E-state index contributed by atoms with van der Waals surface area (Å²) in [6.45, 7) is 0.0414. The van der Waals surface area contributed by atoms with E-state index in [2.05, 4.69) is 5.32 Å². The van der Waals surface area contributed by atoms with Gasteiger partial charge in [0.15, 0.2) is 6.61 Å². The maximum atomic E-state index is 11.9. The van der Waals surface area contributed by atoms with Crippen molar-refractivity contribution in [1.82, 2.24) is 4.90 Å². The highest BCUT2D eigenvalue weighted by Crippen LogP contribution is 2.28. The van der Waals surface area contributed by atoms with Crippen molar-refractivity contribution in [2.75, 3.05) is 19.0 Å². The Morgan fingerprint density at radius 3 is 2.95 bits per heavy atom. The minimum absolute atomic E-state index is 0.00532. The van der Waals surface area contributed by atoms with Gasteiger partial charge in [0.1, 0.15) is 5.75 Å². The van der Waals surface area contributed by atoms with E-state index in [1.165, 1.54) is 0 Å². The second-order valence-electron chi connectivity index (χ2n) is 5.39. The molecule has 1 aliphatic carbocycles. The van der Waals surface area contributed by atoms with E-state index >= 15 is 0 Å². The molecule has 20 heavy (non-hydrogen) atoms. The van der Waals surface area contributed by atoms with Gasteiger partial charge >= 0.3 is 0 Å². The van der Waals surface area contributed by atoms with Gasteiger partial charge < -0.3 is 15.0 Å². The summed E-state index contributed by atoms with van der Waals surface area (Å²) in [5.74, 6) is 0.636. The Balaban J connectivity index is 1.61. The van der Waals surface area contributed by atoms with Gasteiger partial charge in [0.2, 0.25) is 5.91 Å². The summed E-state index contributed by atoms with van der Waals surface area (Å²) in [5, 5.41) is 2.82. The number of ether oxygens (including phenoxy) is 1. The van der Waals surface area contributed by atoms with Crippen LogP contribution < -0.4 is 10.1 Å². The monoisotopic (exact) mass is 274 g/mol. The Hall–Kier alpha value is -2.04. The number of hydrogen-bond acceptors (Lipinski definition) is 3. The van der Waals surface area contributed by atoms with Gasteiger partial charge in [0, 0.05) is 31.3 Å². The van der Waals surface area contributed by atoms with Crippen LogP contribution >= 0.6 is 0 Å². The fourth-order valence-electron chi connectivity index (χ4n) is 2.35. The maximum Gasteiger partial charge on any atom is 0.260 e. The molecule has 0 saturated heterocycles. The molecule has 1 aromatic rings. The molecule has 1 aliphatic heterocycles. The number of aryl methyl sites for hydroxylation is 1. The average Bonchev–Trinajstić information content (AvgIpc) is 3.28. The average molecular weight is 274 g/mol. The molecule has 0 aromatic heterocycles. The van der Waals surface area contributed by atoms with Crippen molar-refractivity contribution in [3.05, 3.63) is 23.8 Å². The minimum atomic E-state index is -0.00532. The van der Waals surface area contributed by atoms with Crippen LogP contribution in [0.3, 0.4) is 0 Å². The van der Waals surface area contributed by atoms with E-state index in [0.717, 1.165) is 30.5 Å². The molecule has 1 fully saturated rings. The van der Waals surface area contributed by atoms with Crippen LogP contribution in [-0.4, -0.2) is 36.4 Å². The lowest BCUT2D eigenvalue weighted by atomic mass is 10.0. The highest BCUT2D eigenvalue weighted by molar-refractivity contribution is 5.94. The van der Waals surface area contributed by atoms with Crippen LogP contribution in [0.5, 0.6) is 5.75 Å². The number of likely N-dealkylation sites (N-methyl/N-ethyl adjacent to an activating group) is 1. The number of benzene rings is 1. The number of hydrogen-bond donors (Lipinski definition) is 1. The van der Waals surface area contributed by atoms with Crippen LogP contribution in [0, 0.1) is 0 Å². The molecule has 106 valence electrons. The van der Waals surface area contributed by atoms with Crippen LogP contribution in [0.1, 0.15) is 24.8 Å². The summed E-state index contributed by atoms with van der Waals surface area (Å²) in [7, 11) is 1.82. The lowest BCUT2D eigenvalue weighted by Crippen LogP contribution is -2.33. The summed E-state index contributed by atoms with van der Waals surface area (Å²) in [4.78, 5) is 25.0. The molecule has 1 heterocycles. The number of carbonyl (C=O) groups excluding carboxylic acids is 2. The zero-order chi connectivity index (χ0) is 14.1. The van der Waals surface area contributed by atoms with Gasteiger partial charge in [-0.1, -0.05) is 6.07 Å². The molecular weight excluding hydrogens is 256 g/mol. The molecule has 5 heteroatoms. The summed E-state index contributed by atoms with van der Waals surface area (Å²) in [6, 6.07) is 5.98. The number of amides is 2. The number of fused-ring (bicyclic) bond motifs is 1. The van der Waals surface area contributed by atoms with Crippen molar-refractivity contribution in [2.24, 2.45) is 0 Å². The van der Waals surface area contributed by atoms with Gasteiger partial charge in [-0.25, -0.2) is 0 Å². The fraction of sp³-hybridized carbons (Fsp3) is 0.467. The highest BCUT2D eigenvalue weighted by Gasteiger charge is 2.29. The first kappa shape index (κ1) is 13.0. The first-order valence-corrected chi connectivity index (χ1v) is 6.95. The molecule has 0 unspecified atom stereocenters. The highest BCUT2D eigenvalue weighted by atomic mass is 16.5. The molecule has 1 saturated carbocycles. The van der Waals surface area contributed by atoms with E-state index in [0.29, 0.717) is 18.2 Å². The number of nitrogens with one attached hydrogen (secondary N) is 1. The summed E-state index contributed by atoms with van der Waals surface area (Å²) < 4.78 is 5.53. The molecule has 5 nitrogen and oxygen atoms in total. The standard InChI is InChI=1S/C15H18N2O3/c1-17(11-4-5-11)15(19)9-20-12-6-2-10-3-7-14(18)16-13(10)8-12/h2,6,8,11H,3-5,7,9H2,1H3,(H,16,18). The van der Waals surface area contributed by atoms with Crippen LogP contribution in [-0.2, 0) is 16.0 Å². The summed E-state index contributed by atoms with van der Waals surface area (Å²) in [6.07, 6.45) is 3.46. The molecule has 0 bridgehead atoms. The van der Waals surface area contributed by atoms with Crippen molar-refractivity contribution >= 4 is 17.5 Å². The fourth-order valence-corrected chi connectivity index (χ4v) is 2.35. The van der Waals surface area contributed by atoms with Gasteiger partial charge in [-0.3, -0.25) is 9.59 Å². The van der Waals surface area contributed by atoms with Crippen LogP contribution in [0.25, 0.3) is 0 Å². The Labute approximate surface area is 117 Å². The Kier molecular flexibility index (Phi) is 3.34. The van der Waals surface area contributed by atoms with E-state index in [1.54, 1.807) is 11.0 Å². The predicted octanol–water partition coefficient (Wildman–Crippen LogP) is 1.57. The number of anilines is 1. The van der Waals surface area contributed by atoms with E-state index < -0.39 is 0 Å². The third kappa shape index (κ3) is 2.76. The van der Waals surface area contributed by atoms with Crippen molar-refractivity contribution in [3.8, 4) is 5.75 Å². The lowest BCUT2D eigenvalue weighted by Gasteiger charge is -2.19. The van der Waals surface area contributed by atoms with Gasteiger partial charge in [-0.05, 0) is 30.9 Å². The Morgan fingerprint density at radius 2 is 2.20 bits per heavy atom. The Morgan fingerprint density at radius 1 is 1.40 bits per heavy atom. The molecule has 3 rings (SSSR count). The SMILES string of the molecule is CN(C(=O)COc1ccc2c(c1)NC(=O)CC2)C1CC1. The number of nitrogens with zero attached hydrogens (tertiary/aromatic N) is 1. The molecule has 2 aliphatic rings. The zero-order valence-electron chi connectivity index (χ0n) is 11.5. The first-order chi connectivity index (χ1) is 9.63. The molecule has 1 N–H and O–H groups in total. The van der Waals surface area contributed by atoms with Crippen molar-refractivity contribution < 1.29 is 14.3 Å². The maximum absolute atomic E-state index is 11.9. The molecule has 0 radical (unpaired) electrons. The quantitative estimate of drug-likeness (QED) is 0.906. The van der Waals surface area contributed by atoms with E-state index in [-0.39, 0.29) is 18.4 Å². The van der Waals surface area contributed by atoms with Crippen LogP contribution in [0.2, 0.25) is 0 Å². The van der Waals surface area contributed by atoms with Crippen molar-refractivity contribution in [2.45, 2.75) is 31.7 Å². The van der Waals surface area contributed by atoms with Gasteiger partial charge in [0.25, 0.3) is 5.91 Å². The zero-order valence-corrected chi connectivity index (χ0v) is 11.5. The van der Waals surface area contributed by atoms with Crippen molar-refractivity contribution in [3.63, 3.8) is 0 Å². The minimum Gasteiger partial charge on any atom is -0.484 e. The third-order valence-electron chi connectivity index (χ3n) is 3.83. The second kappa shape index (κ2) is 5.15. The molecule has 0 spiro atoms. The number of carbonyl (C=O) groups is 2. The smallest absolute Gasteiger partial charge is 0.260 e. The number of rotatable bonds is 4. The summed E-state index contributed by atoms with van der Waals surface area (Å²) in [5.41, 5.74) is 1.90. The van der Waals surface area contributed by atoms with Gasteiger partial charge in [-0.2, -0.15) is 0 Å². The second-order valence-corrected chi connectivity index (χ2v) is 5.39. The Bertz CT molecular complexity index is 552. The summed E-state index contributed by atoms with van der Waals surface area (Å²) >= 11 is 0. The lowest BCUT2D eigenvalue weighted by molar-refractivity contribution is -0.132. The normalized spacial score (nSPS) is 17.1. The van der Waals surface area contributed by atoms with E-state index in [1.807, 2.05) is 19.2 Å². The van der Waals surface area contributed by atoms with Crippen LogP contribution in [0.15, 0.2) is 18.2 Å². The predicted molar refractivity (Wildman–Crippen MR) is 74.7 cm³/mol. The topological polar surface area (TPSA) is 58.6 Å². The molecular formula is C15H18N2O3. The van der Waals surface area contributed by atoms with E-state index in [9.17, 15) is 9.59 Å². The molecule has 1 aromatic carbocycles. The van der Waals surface area contributed by atoms with Gasteiger partial charge in [-0.15, -0.1) is 0 Å². The van der Waals surface area contributed by atoms with Gasteiger partial charge in [0.05, 0.1) is 0 Å². The van der Waals surface area contributed by atoms with Crippen LogP contribution in [0.4, 0.5) is 5.69 Å². The largest absolute Gasteiger partial charge is 0.484 e. The molecule has 0 atom stereocenters. The third-order valence-corrected chi connectivity index (χ3v) is 3.83. The molecule has 2 amide bonds.